The third kappa shape index (κ3) is 1.52. The van der Waals surface area contributed by atoms with E-state index in [1.54, 1.807) is 13.0 Å². The minimum atomic E-state index is -0.373. The standard InChI is InChI=1S/C8H9N3O/c1-5(10)7-2-6(3-9)8(12)11-4-7/h2,4-5H,10H2,1H3,(H,11,12). The van der Waals surface area contributed by atoms with Crippen molar-refractivity contribution in [1.29, 1.82) is 5.26 Å². The zero-order valence-electron chi connectivity index (χ0n) is 6.66. The number of H-pyrrole nitrogens is 1. The van der Waals surface area contributed by atoms with E-state index in [1.807, 2.05) is 0 Å². The summed E-state index contributed by atoms with van der Waals surface area (Å²) in [7, 11) is 0. The van der Waals surface area contributed by atoms with Crippen molar-refractivity contribution in [2.75, 3.05) is 0 Å². The maximum absolute atomic E-state index is 10.9. The average molecular weight is 163 g/mol. The molecule has 0 amide bonds. The van der Waals surface area contributed by atoms with Gasteiger partial charge in [0.2, 0.25) is 0 Å². The molecule has 0 saturated carbocycles. The molecule has 1 atom stereocenters. The fourth-order valence-corrected chi connectivity index (χ4v) is 0.846. The Labute approximate surface area is 69.6 Å². The summed E-state index contributed by atoms with van der Waals surface area (Å²) in [4.78, 5) is 13.3. The fraction of sp³-hybridized carbons (Fsp3) is 0.250. The first-order valence-electron chi connectivity index (χ1n) is 3.53. The van der Waals surface area contributed by atoms with Crippen LogP contribution in [0.4, 0.5) is 0 Å². The molecule has 1 heterocycles. The van der Waals surface area contributed by atoms with Gasteiger partial charge in [0.1, 0.15) is 11.6 Å². The monoisotopic (exact) mass is 163 g/mol. The number of nitrogens with two attached hydrogens (primary N) is 1. The Morgan fingerprint density at radius 1 is 1.75 bits per heavy atom. The lowest BCUT2D eigenvalue weighted by Gasteiger charge is -2.03. The van der Waals surface area contributed by atoms with Crippen molar-refractivity contribution >= 4 is 0 Å². The van der Waals surface area contributed by atoms with Gasteiger partial charge >= 0.3 is 0 Å². The molecule has 62 valence electrons. The predicted molar refractivity (Wildman–Crippen MR) is 44.4 cm³/mol. The van der Waals surface area contributed by atoms with Crippen molar-refractivity contribution in [3.8, 4) is 6.07 Å². The van der Waals surface area contributed by atoms with Crippen molar-refractivity contribution in [2.45, 2.75) is 13.0 Å². The number of nitriles is 1. The van der Waals surface area contributed by atoms with Crippen molar-refractivity contribution in [3.63, 3.8) is 0 Å². The van der Waals surface area contributed by atoms with Crippen LogP contribution < -0.4 is 11.3 Å². The minimum Gasteiger partial charge on any atom is -0.328 e. The highest BCUT2D eigenvalue weighted by Gasteiger charge is 2.03. The second kappa shape index (κ2) is 3.20. The molecule has 3 N–H and O–H groups in total. The lowest BCUT2D eigenvalue weighted by molar-refractivity contribution is 0.809. The summed E-state index contributed by atoms with van der Waals surface area (Å²) in [5.74, 6) is 0. The number of aromatic amines is 1. The average Bonchev–Trinajstić information content (AvgIpc) is 2.05. The SMILES string of the molecule is CC(N)c1c[nH]c(=O)c(C#N)c1. The molecule has 1 aromatic heterocycles. The molecule has 1 unspecified atom stereocenters. The number of hydrogen-bond acceptors (Lipinski definition) is 3. The normalized spacial score (nSPS) is 12.1. The van der Waals surface area contributed by atoms with Crippen LogP contribution >= 0.6 is 0 Å². The Morgan fingerprint density at radius 2 is 2.42 bits per heavy atom. The number of nitrogens with zero attached hydrogens (tertiary/aromatic N) is 1. The summed E-state index contributed by atoms with van der Waals surface area (Å²) in [5.41, 5.74) is 6.04. The Balaban J connectivity index is 3.26. The van der Waals surface area contributed by atoms with E-state index in [0.717, 1.165) is 5.56 Å². The molecule has 4 nitrogen and oxygen atoms in total. The molecule has 0 aliphatic carbocycles. The van der Waals surface area contributed by atoms with Crippen LogP contribution in [0.2, 0.25) is 0 Å². The highest BCUT2D eigenvalue weighted by Crippen LogP contribution is 2.06. The molecule has 0 saturated heterocycles. The van der Waals surface area contributed by atoms with E-state index in [2.05, 4.69) is 4.98 Å². The Kier molecular flexibility index (Phi) is 2.26. The first-order chi connectivity index (χ1) is 5.65. The molecule has 0 spiro atoms. The Morgan fingerprint density at radius 3 is 2.92 bits per heavy atom. The van der Waals surface area contributed by atoms with E-state index in [-0.39, 0.29) is 17.2 Å². The summed E-state index contributed by atoms with van der Waals surface area (Å²) >= 11 is 0. The van der Waals surface area contributed by atoms with Gasteiger partial charge in [0, 0.05) is 12.2 Å². The molecule has 0 aromatic carbocycles. The van der Waals surface area contributed by atoms with Crippen molar-refractivity contribution < 1.29 is 0 Å². The summed E-state index contributed by atoms with van der Waals surface area (Å²) in [5, 5.41) is 8.51. The van der Waals surface area contributed by atoms with Gasteiger partial charge in [-0.2, -0.15) is 5.26 Å². The highest BCUT2D eigenvalue weighted by molar-refractivity contribution is 5.30. The summed E-state index contributed by atoms with van der Waals surface area (Å²) in [6.07, 6.45) is 1.52. The maximum Gasteiger partial charge on any atom is 0.265 e. The Bertz CT molecular complexity index is 373. The van der Waals surface area contributed by atoms with Gasteiger partial charge < -0.3 is 10.7 Å². The maximum atomic E-state index is 10.9. The van der Waals surface area contributed by atoms with Gasteiger partial charge in [-0.1, -0.05) is 0 Å². The van der Waals surface area contributed by atoms with Gasteiger partial charge in [-0.15, -0.1) is 0 Å². The third-order valence-corrected chi connectivity index (χ3v) is 1.57. The first kappa shape index (κ1) is 8.50. The van der Waals surface area contributed by atoms with Crippen molar-refractivity contribution in [3.05, 3.63) is 33.7 Å². The molecule has 0 radical (unpaired) electrons. The molecule has 1 aromatic rings. The number of rotatable bonds is 1. The van der Waals surface area contributed by atoms with Gasteiger partial charge in [0.15, 0.2) is 0 Å². The molecular weight excluding hydrogens is 154 g/mol. The van der Waals surface area contributed by atoms with Crippen LogP contribution in [0.15, 0.2) is 17.1 Å². The lowest BCUT2D eigenvalue weighted by atomic mass is 10.1. The second-order valence-electron chi connectivity index (χ2n) is 2.58. The van der Waals surface area contributed by atoms with Gasteiger partial charge in [-0.3, -0.25) is 4.79 Å². The first-order valence-corrected chi connectivity index (χ1v) is 3.53. The molecule has 4 heteroatoms. The molecule has 0 aliphatic rings. The van der Waals surface area contributed by atoms with Crippen LogP contribution in [0.3, 0.4) is 0 Å². The summed E-state index contributed by atoms with van der Waals surface area (Å²) in [6.45, 7) is 1.79. The van der Waals surface area contributed by atoms with E-state index in [4.69, 9.17) is 11.0 Å². The van der Waals surface area contributed by atoms with Gasteiger partial charge in [0.25, 0.3) is 5.56 Å². The molecule has 12 heavy (non-hydrogen) atoms. The molecule has 0 aliphatic heterocycles. The van der Waals surface area contributed by atoms with Gasteiger partial charge in [-0.05, 0) is 18.6 Å². The molecular formula is C8H9N3O. The van der Waals surface area contributed by atoms with Crippen LogP contribution in [0.25, 0.3) is 0 Å². The smallest absolute Gasteiger partial charge is 0.265 e. The number of nitrogens with one attached hydrogen (secondary N) is 1. The largest absolute Gasteiger partial charge is 0.328 e. The van der Waals surface area contributed by atoms with Crippen LogP contribution in [0.5, 0.6) is 0 Å². The second-order valence-corrected chi connectivity index (χ2v) is 2.58. The van der Waals surface area contributed by atoms with Crippen molar-refractivity contribution in [1.82, 2.24) is 4.98 Å². The number of pyridine rings is 1. The van der Waals surface area contributed by atoms with E-state index in [1.165, 1.54) is 12.3 Å². The number of aromatic nitrogens is 1. The highest BCUT2D eigenvalue weighted by atomic mass is 16.1. The molecule has 1 rings (SSSR count). The van der Waals surface area contributed by atoms with E-state index >= 15 is 0 Å². The predicted octanol–water partition coefficient (Wildman–Crippen LogP) is 0.266. The van der Waals surface area contributed by atoms with Crippen LogP contribution in [-0.2, 0) is 0 Å². The fourth-order valence-electron chi connectivity index (χ4n) is 0.846. The van der Waals surface area contributed by atoms with E-state index in [9.17, 15) is 4.79 Å². The lowest BCUT2D eigenvalue weighted by Crippen LogP contribution is -2.13. The Hall–Kier alpha value is -1.60. The molecule has 0 fully saturated rings. The van der Waals surface area contributed by atoms with Crippen molar-refractivity contribution in [2.24, 2.45) is 5.73 Å². The minimum absolute atomic E-state index is 0.102. The number of hydrogen-bond donors (Lipinski definition) is 2. The zero-order chi connectivity index (χ0) is 9.14. The molecule has 0 bridgehead atoms. The van der Waals surface area contributed by atoms with Gasteiger partial charge in [0.05, 0.1) is 0 Å². The summed E-state index contributed by atoms with van der Waals surface area (Å²) in [6, 6.07) is 3.12. The van der Waals surface area contributed by atoms with E-state index in [0.29, 0.717) is 0 Å². The van der Waals surface area contributed by atoms with Gasteiger partial charge in [-0.25, -0.2) is 0 Å². The third-order valence-electron chi connectivity index (χ3n) is 1.57. The van der Waals surface area contributed by atoms with Crippen LogP contribution in [-0.4, -0.2) is 4.98 Å². The zero-order valence-corrected chi connectivity index (χ0v) is 6.66. The van der Waals surface area contributed by atoms with Crippen LogP contribution in [0, 0.1) is 11.3 Å². The van der Waals surface area contributed by atoms with E-state index < -0.39 is 0 Å². The van der Waals surface area contributed by atoms with Crippen LogP contribution in [0.1, 0.15) is 24.1 Å². The quantitative estimate of drug-likeness (QED) is 0.623. The summed E-state index contributed by atoms with van der Waals surface area (Å²) < 4.78 is 0. The topological polar surface area (TPSA) is 82.7 Å².